The second-order valence-corrected chi connectivity index (χ2v) is 9.73. The Morgan fingerprint density at radius 1 is 0.838 bits per heavy atom. The number of unbranched alkanes of at least 4 members (excludes halogenated alkanes) is 8. The van der Waals surface area contributed by atoms with Gasteiger partial charge >= 0.3 is 6.18 Å². The highest BCUT2D eigenvalue weighted by atomic mass is 19.4. The molecule has 5 nitrogen and oxygen atoms in total. The van der Waals surface area contributed by atoms with E-state index in [1.54, 1.807) is 0 Å². The van der Waals surface area contributed by atoms with E-state index in [-0.39, 0.29) is 5.92 Å². The maximum atomic E-state index is 12.9. The van der Waals surface area contributed by atoms with Gasteiger partial charge in [0.25, 0.3) is 5.89 Å². The van der Waals surface area contributed by atoms with Crippen molar-refractivity contribution in [3.8, 4) is 11.5 Å². The lowest BCUT2D eigenvalue weighted by Gasteiger charge is -2.24. The van der Waals surface area contributed by atoms with Crippen LogP contribution in [-0.4, -0.2) is 15.3 Å². The fourth-order valence-electron chi connectivity index (χ4n) is 4.54. The summed E-state index contributed by atoms with van der Waals surface area (Å²) in [6.45, 7) is 4.08. The lowest BCUT2D eigenvalue weighted by molar-refractivity contribution is -0.137. The Kier molecular flexibility index (Phi) is 11.1. The number of rotatable bonds is 15. The molecule has 1 heterocycles. The first-order chi connectivity index (χ1) is 17.8. The molecule has 2 N–H and O–H groups in total. The average Bonchev–Trinajstić information content (AvgIpc) is 3.37. The number of benzene rings is 2. The van der Waals surface area contributed by atoms with Crippen LogP contribution in [0.2, 0.25) is 0 Å². The minimum absolute atomic E-state index is 0.274. The quantitative estimate of drug-likeness (QED) is 0.156. The van der Waals surface area contributed by atoms with Gasteiger partial charge in [-0.3, -0.25) is 0 Å². The van der Waals surface area contributed by atoms with Crippen molar-refractivity contribution in [1.82, 2.24) is 15.6 Å². The van der Waals surface area contributed by atoms with Gasteiger partial charge in [0.05, 0.1) is 11.6 Å². The Labute approximate surface area is 217 Å². The Bertz CT molecular complexity index is 1050. The molecule has 3 rings (SSSR count). The van der Waals surface area contributed by atoms with Crippen molar-refractivity contribution in [2.45, 2.75) is 96.2 Å². The van der Waals surface area contributed by atoms with Crippen LogP contribution in [0.15, 0.2) is 53.1 Å². The number of hydrogen-bond donors (Lipinski definition) is 2. The standard InChI is InChI=1S/C29H38F3N3O2/c1-3-4-5-6-7-8-9-10-11-12-26-33-28(37-35-26)24-15-13-23(14-16-24)27(34-36)21(2)22-17-19-25(20-18-22)29(30,31)32/h13-21,27,34,36H,3-12H2,1-2H3/t21-,27?/m0/s1. The fraction of sp³-hybridized carbons (Fsp3) is 0.517. The van der Waals surface area contributed by atoms with Crippen molar-refractivity contribution < 1.29 is 22.9 Å². The Hall–Kier alpha value is -2.71. The molecule has 0 saturated heterocycles. The van der Waals surface area contributed by atoms with Gasteiger partial charge in [0.2, 0.25) is 0 Å². The SMILES string of the molecule is CCCCCCCCCCCc1noc(-c2ccc(C(NO)[C@@H](C)c3ccc(C(F)(F)F)cc3)cc2)n1. The molecule has 0 amide bonds. The van der Waals surface area contributed by atoms with Crippen LogP contribution >= 0.6 is 0 Å². The van der Waals surface area contributed by atoms with Gasteiger partial charge in [-0.1, -0.05) is 94.6 Å². The summed E-state index contributed by atoms with van der Waals surface area (Å²) < 4.78 is 44.1. The van der Waals surface area contributed by atoms with E-state index < -0.39 is 17.8 Å². The molecule has 0 radical (unpaired) electrons. The van der Waals surface area contributed by atoms with E-state index in [2.05, 4.69) is 22.5 Å². The van der Waals surface area contributed by atoms with Crippen LogP contribution in [0.1, 0.15) is 106 Å². The van der Waals surface area contributed by atoms with Crippen LogP contribution in [0, 0.1) is 0 Å². The number of hydroxylamine groups is 1. The molecule has 37 heavy (non-hydrogen) atoms. The van der Waals surface area contributed by atoms with Crippen LogP contribution in [0.3, 0.4) is 0 Å². The first kappa shape index (κ1) is 28.9. The van der Waals surface area contributed by atoms with E-state index in [0.29, 0.717) is 17.3 Å². The van der Waals surface area contributed by atoms with Crippen molar-refractivity contribution >= 4 is 0 Å². The molecule has 0 saturated carbocycles. The molecule has 2 atom stereocenters. The summed E-state index contributed by atoms with van der Waals surface area (Å²) in [6.07, 6.45) is 7.76. The highest BCUT2D eigenvalue weighted by molar-refractivity contribution is 5.53. The Balaban J connectivity index is 1.51. The third-order valence-electron chi connectivity index (χ3n) is 6.89. The van der Waals surface area contributed by atoms with Crippen molar-refractivity contribution in [1.29, 1.82) is 0 Å². The van der Waals surface area contributed by atoms with Crippen molar-refractivity contribution in [3.63, 3.8) is 0 Å². The number of hydrogen-bond acceptors (Lipinski definition) is 5. The molecule has 0 aliphatic heterocycles. The lowest BCUT2D eigenvalue weighted by Crippen LogP contribution is -2.23. The molecule has 0 bridgehead atoms. The third kappa shape index (κ3) is 8.68. The number of nitrogens with zero attached hydrogens (tertiary/aromatic N) is 2. The molecular formula is C29H38F3N3O2. The molecule has 2 aromatic carbocycles. The summed E-state index contributed by atoms with van der Waals surface area (Å²) in [7, 11) is 0. The van der Waals surface area contributed by atoms with Crippen LogP contribution < -0.4 is 5.48 Å². The van der Waals surface area contributed by atoms with E-state index >= 15 is 0 Å². The summed E-state index contributed by atoms with van der Waals surface area (Å²) in [5.74, 6) is 0.874. The minimum atomic E-state index is -4.38. The molecule has 1 aromatic heterocycles. The monoisotopic (exact) mass is 517 g/mol. The molecular weight excluding hydrogens is 479 g/mol. The number of aromatic nitrogens is 2. The maximum absolute atomic E-state index is 12.9. The zero-order valence-corrected chi connectivity index (χ0v) is 21.7. The summed E-state index contributed by atoms with van der Waals surface area (Å²) in [5, 5.41) is 13.9. The Morgan fingerprint density at radius 2 is 1.41 bits per heavy atom. The van der Waals surface area contributed by atoms with Crippen LogP contribution in [-0.2, 0) is 12.6 Å². The topological polar surface area (TPSA) is 71.2 Å². The summed E-state index contributed by atoms with van der Waals surface area (Å²) in [4.78, 5) is 4.52. The van der Waals surface area contributed by atoms with Crippen molar-refractivity contribution in [2.75, 3.05) is 0 Å². The highest BCUT2D eigenvalue weighted by Crippen LogP contribution is 2.34. The van der Waals surface area contributed by atoms with Gasteiger partial charge < -0.3 is 9.73 Å². The second-order valence-electron chi connectivity index (χ2n) is 9.73. The molecule has 0 fully saturated rings. The highest BCUT2D eigenvalue weighted by Gasteiger charge is 2.30. The first-order valence-corrected chi connectivity index (χ1v) is 13.3. The van der Waals surface area contributed by atoms with Gasteiger partial charge in [-0.15, -0.1) is 0 Å². The van der Waals surface area contributed by atoms with E-state index in [4.69, 9.17) is 4.52 Å². The molecule has 0 spiro atoms. The van der Waals surface area contributed by atoms with Gasteiger partial charge in [0, 0.05) is 17.9 Å². The summed E-state index contributed by atoms with van der Waals surface area (Å²) in [6, 6.07) is 11.9. The largest absolute Gasteiger partial charge is 0.416 e. The van der Waals surface area contributed by atoms with Crippen molar-refractivity contribution in [2.24, 2.45) is 0 Å². The van der Waals surface area contributed by atoms with Gasteiger partial charge in [-0.25, -0.2) is 0 Å². The van der Waals surface area contributed by atoms with Gasteiger partial charge in [0.1, 0.15) is 0 Å². The fourth-order valence-corrected chi connectivity index (χ4v) is 4.54. The smallest absolute Gasteiger partial charge is 0.334 e. The molecule has 0 aliphatic rings. The van der Waals surface area contributed by atoms with E-state index in [1.807, 2.05) is 31.2 Å². The van der Waals surface area contributed by atoms with E-state index in [1.165, 1.54) is 63.5 Å². The molecule has 3 aromatic rings. The van der Waals surface area contributed by atoms with Crippen LogP contribution in [0.4, 0.5) is 13.2 Å². The Morgan fingerprint density at radius 3 is 1.97 bits per heavy atom. The molecule has 1 unspecified atom stereocenters. The predicted molar refractivity (Wildman–Crippen MR) is 138 cm³/mol. The molecule has 202 valence electrons. The van der Waals surface area contributed by atoms with Gasteiger partial charge in [-0.2, -0.15) is 23.6 Å². The zero-order chi connectivity index (χ0) is 26.7. The lowest BCUT2D eigenvalue weighted by atomic mass is 9.88. The number of nitrogens with one attached hydrogen (secondary N) is 1. The maximum Gasteiger partial charge on any atom is 0.416 e. The average molecular weight is 518 g/mol. The number of alkyl halides is 3. The minimum Gasteiger partial charge on any atom is -0.334 e. The molecule has 0 aliphatic carbocycles. The van der Waals surface area contributed by atoms with Crippen molar-refractivity contribution in [3.05, 3.63) is 71.0 Å². The van der Waals surface area contributed by atoms with Crippen LogP contribution in [0.25, 0.3) is 11.5 Å². The van der Waals surface area contributed by atoms with Gasteiger partial charge in [-0.05, 0) is 41.8 Å². The van der Waals surface area contributed by atoms with Gasteiger partial charge in [0.15, 0.2) is 5.82 Å². The number of halogens is 3. The zero-order valence-electron chi connectivity index (χ0n) is 21.7. The molecule has 8 heteroatoms. The third-order valence-corrected chi connectivity index (χ3v) is 6.89. The number of aryl methyl sites for hydroxylation is 1. The first-order valence-electron chi connectivity index (χ1n) is 13.3. The summed E-state index contributed by atoms with van der Waals surface area (Å²) in [5.41, 5.74) is 3.84. The predicted octanol–water partition coefficient (Wildman–Crippen LogP) is 8.65. The normalized spacial score (nSPS) is 13.6. The second kappa shape index (κ2) is 14.3. The summed E-state index contributed by atoms with van der Waals surface area (Å²) >= 11 is 0. The van der Waals surface area contributed by atoms with Crippen LogP contribution in [0.5, 0.6) is 0 Å². The van der Waals surface area contributed by atoms with E-state index in [0.717, 1.165) is 36.1 Å². The van der Waals surface area contributed by atoms with E-state index in [9.17, 15) is 18.4 Å².